The van der Waals surface area contributed by atoms with Crippen LogP contribution in [0.3, 0.4) is 0 Å². The molecule has 1 fully saturated rings. The highest BCUT2D eigenvalue weighted by molar-refractivity contribution is 5.82. The summed E-state index contributed by atoms with van der Waals surface area (Å²) in [4.78, 5) is 15.2. The largest absolute Gasteiger partial charge is 0.491 e. The van der Waals surface area contributed by atoms with Gasteiger partial charge in [-0.2, -0.15) is 0 Å². The number of nitrogens with one attached hydrogen (secondary N) is 2. The van der Waals surface area contributed by atoms with E-state index in [1.807, 2.05) is 59.5 Å². The van der Waals surface area contributed by atoms with Crippen molar-refractivity contribution in [2.75, 3.05) is 13.2 Å². The molecule has 0 radical (unpaired) electrons. The number of hydrogen-bond acceptors (Lipinski definition) is 5. The Morgan fingerprint density at radius 3 is 2.59 bits per heavy atom. The molecule has 0 saturated carbocycles. The Bertz CT molecular complexity index is 1110. The number of aryl methyl sites for hydroxylation is 1. The van der Waals surface area contributed by atoms with Gasteiger partial charge in [0.25, 0.3) is 0 Å². The summed E-state index contributed by atoms with van der Waals surface area (Å²) in [5.74, 6) is 0.853. The van der Waals surface area contributed by atoms with Gasteiger partial charge in [-0.3, -0.25) is 4.79 Å². The number of carbonyl (C=O) groups is 1. The molecule has 1 amide bonds. The average molecular weight is 458 g/mol. The zero-order valence-corrected chi connectivity index (χ0v) is 19.2. The zero-order valence-electron chi connectivity index (χ0n) is 19.2. The highest BCUT2D eigenvalue weighted by Gasteiger charge is 2.33. The fourth-order valence-corrected chi connectivity index (χ4v) is 4.77. The summed E-state index contributed by atoms with van der Waals surface area (Å²) in [6.45, 7) is 1.46. The molecule has 34 heavy (non-hydrogen) atoms. The third-order valence-corrected chi connectivity index (χ3v) is 6.71. The second kappa shape index (κ2) is 10.4. The molecule has 0 aromatic heterocycles. The lowest BCUT2D eigenvalue weighted by atomic mass is 9.99. The molecule has 3 aromatic rings. The van der Waals surface area contributed by atoms with E-state index in [2.05, 4.69) is 35.1 Å². The van der Waals surface area contributed by atoms with Crippen molar-refractivity contribution in [2.45, 2.75) is 44.0 Å². The minimum atomic E-state index is -0.565. The maximum atomic E-state index is 13.3. The van der Waals surface area contributed by atoms with Gasteiger partial charge in [0.1, 0.15) is 18.4 Å². The van der Waals surface area contributed by atoms with Crippen LogP contribution in [0.15, 0.2) is 78.9 Å². The average Bonchev–Trinajstić information content (AvgIpc) is 3.28. The molecular weight excluding hydrogens is 426 g/mol. The molecule has 5 rings (SSSR count). The number of hydrazine groups is 1. The van der Waals surface area contributed by atoms with Gasteiger partial charge in [-0.25, -0.2) is 10.9 Å². The van der Waals surface area contributed by atoms with Crippen LogP contribution in [0.4, 0.5) is 0 Å². The molecule has 2 aliphatic heterocycles. The maximum Gasteiger partial charge on any atom is 0.241 e. The number of rotatable bonds is 6. The van der Waals surface area contributed by atoms with Gasteiger partial charge in [-0.15, -0.1) is 0 Å². The predicted octanol–water partition coefficient (Wildman–Crippen LogP) is 3.68. The van der Waals surface area contributed by atoms with Crippen LogP contribution in [0.2, 0.25) is 0 Å². The van der Waals surface area contributed by atoms with Crippen LogP contribution >= 0.6 is 0 Å². The van der Waals surface area contributed by atoms with Crippen molar-refractivity contribution in [3.8, 4) is 5.75 Å². The third-order valence-electron chi connectivity index (χ3n) is 6.71. The minimum Gasteiger partial charge on any atom is -0.491 e. The monoisotopic (exact) mass is 457 g/mol. The van der Waals surface area contributed by atoms with Crippen molar-refractivity contribution in [2.24, 2.45) is 0 Å². The molecule has 2 aliphatic rings. The van der Waals surface area contributed by atoms with Crippen LogP contribution in [-0.4, -0.2) is 35.1 Å². The standard InChI is InChI=1S/C28H31N3O3/c32-26(13-11-20-7-3-1-4-8-20)22-12-14-27-23(17-22)19-31(15-16-34-27)28(33)25-18-24(29-30-25)21-9-5-2-6-10-21/h1-10,12,14,17,24-26,29-30,32H,11,13,15-16,18-19H2. The molecule has 0 aliphatic carbocycles. The van der Waals surface area contributed by atoms with Crippen molar-refractivity contribution >= 4 is 5.91 Å². The van der Waals surface area contributed by atoms with Crippen molar-refractivity contribution in [1.29, 1.82) is 0 Å². The molecule has 2 heterocycles. The summed E-state index contributed by atoms with van der Waals surface area (Å²) < 4.78 is 5.93. The number of ether oxygens (including phenoxy) is 1. The Hall–Kier alpha value is -3.19. The van der Waals surface area contributed by atoms with Gasteiger partial charge in [0.15, 0.2) is 0 Å². The lowest BCUT2D eigenvalue weighted by molar-refractivity contribution is -0.133. The van der Waals surface area contributed by atoms with Crippen LogP contribution in [0.5, 0.6) is 5.75 Å². The number of aliphatic hydroxyl groups excluding tert-OH is 1. The van der Waals surface area contributed by atoms with E-state index in [9.17, 15) is 9.90 Å². The quantitative estimate of drug-likeness (QED) is 0.527. The van der Waals surface area contributed by atoms with Crippen molar-refractivity contribution in [3.63, 3.8) is 0 Å². The molecule has 3 aromatic carbocycles. The smallest absolute Gasteiger partial charge is 0.241 e. The Balaban J connectivity index is 1.24. The first kappa shape index (κ1) is 22.6. The van der Waals surface area contributed by atoms with Gasteiger partial charge in [-0.1, -0.05) is 66.7 Å². The normalized spacial score (nSPS) is 20.8. The van der Waals surface area contributed by atoms with Crippen LogP contribution in [0.1, 0.15) is 47.2 Å². The van der Waals surface area contributed by atoms with Gasteiger partial charge in [0, 0.05) is 18.2 Å². The third kappa shape index (κ3) is 5.14. The molecule has 0 spiro atoms. The van der Waals surface area contributed by atoms with Gasteiger partial charge >= 0.3 is 0 Å². The topological polar surface area (TPSA) is 73.8 Å². The first-order valence-electron chi connectivity index (χ1n) is 12.0. The number of nitrogens with zero attached hydrogens (tertiary/aromatic N) is 1. The summed E-state index contributed by atoms with van der Waals surface area (Å²) >= 11 is 0. The summed E-state index contributed by atoms with van der Waals surface area (Å²) in [7, 11) is 0. The molecule has 6 heteroatoms. The number of amides is 1. The van der Waals surface area contributed by atoms with E-state index in [4.69, 9.17) is 4.74 Å². The highest BCUT2D eigenvalue weighted by atomic mass is 16.5. The molecule has 3 N–H and O–H groups in total. The Kier molecular flexibility index (Phi) is 6.90. The van der Waals surface area contributed by atoms with Crippen molar-refractivity contribution < 1.29 is 14.6 Å². The fourth-order valence-electron chi connectivity index (χ4n) is 4.77. The molecule has 1 saturated heterocycles. The number of hydrogen-bond donors (Lipinski definition) is 3. The highest BCUT2D eigenvalue weighted by Crippen LogP contribution is 2.30. The van der Waals surface area contributed by atoms with E-state index in [-0.39, 0.29) is 18.0 Å². The Morgan fingerprint density at radius 2 is 1.79 bits per heavy atom. The summed E-state index contributed by atoms with van der Waals surface area (Å²) in [5, 5.41) is 10.8. The van der Waals surface area contributed by atoms with E-state index in [1.54, 1.807) is 0 Å². The molecule has 6 nitrogen and oxygen atoms in total. The summed E-state index contributed by atoms with van der Waals surface area (Å²) in [5.41, 5.74) is 10.6. The summed E-state index contributed by atoms with van der Waals surface area (Å²) in [6.07, 6.45) is 1.59. The molecule has 176 valence electrons. The molecule has 3 atom stereocenters. The second-order valence-electron chi connectivity index (χ2n) is 9.06. The first-order valence-corrected chi connectivity index (χ1v) is 12.0. The fraction of sp³-hybridized carbons (Fsp3) is 0.321. The van der Waals surface area contributed by atoms with Gasteiger partial charge < -0.3 is 14.7 Å². The number of benzene rings is 3. The van der Waals surface area contributed by atoms with Gasteiger partial charge in [0.2, 0.25) is 5.91 Å². The van der Waals surface area contributed by atoms with Crippen LogP contribution in [0.25, 0.3) is 0 Å². The second-order valence-corrected chi connectivity index (χ2v) is 9.06. The van der Waals surface area contributed by atoms with E-state index in [0.717, 1.165) is 23.3 Å². The first-order chi connectivity index (χ1) is 16.7. The van der Waals surface area contributed by atoms with E-state index < -0.39 is 6.10 Å². The van der Waals surface area contributed by atoms with Gasteiger partial charge in [-0.05, 0) is 48.1 Å². The number of aliphatic hydroxyl groups is 1. The minimum absolute atomic E-state index is 0.0670. The Labute approximate surface area is 200 Å². The molecule has 0 bridgehead atoms. The number of fused-ring (bicyclic) bond motifs is 1. The predicted molar refractivity (Wildman–Crippen MR) is 131 cm³/mol. The van der Waals surface area contributed by atoms with Crippen molar-refractivity contribution in [1.82, 2.24) is 15.8 Å². The van der Waals surface area contributed by atoms with Crippen LogP contribution < -0.4 is 15.6 Å². The zero-order chi connectivity index (χ0) is 23.3. The number of carbonyl (C=O) groups excluding carboxylic acids is 1. The van der Waals surface area contributed by atoms with E-state index in [0.29, 0.717) is 32.5 Å². The maximum absolute atomic E-state index is 13.3. The SMILES string of the molecule is O=C(C1CC(c2ccccc2)NN1)N1CCOc2ccc(C(O)CCc3ccccc3)cc2C1. The lowest BCUT2D eigenvalue weighted by Gasteiger charge is -2.23. The Morgan fingerprint density at radius 1 is 1.03 bits per heavy atom. The van der Waals surface area contributed by atoms with Crippen molar-refractivity contribution in [3.05, 3.63) is 101 Å². The van der Waals surface area contributed by atoms with E-state index in [1.165, 1.54) is 11.1 Å². The summed E-state index contributed by atoms with van der Waals surface area (Å²) in [6, 6.07) is 26.0. The molecular formula is C28H31N3O3. The van der Waals surface area contributed by atoms with Crippen LogP contribution in [0, 0.1) is 0 Å². The lowest BCUT2D eigenvalue weighted by Crippen LogP contribution is -2.46. The molecule has 3 unspecified atom stereocenters. The van der Waals surface area contributed by atoms with Gasteiger partial charge in [0.05, 0.1) is 12.6 Å². The van der Waals surface area contributed by atoms with E-state index >= 15 is 0 Å². The van der Waals surface area contributed by atoms with Crippen LogP contribution in [-0.2, 0) is 17.8 Å².